The van der Waals surface area contributed by atoms with Crippen LogP contribution in [0.2, 0.25) is 0 Å². The van der Waals surface area contributed by atoms with Crippen LogP contribution in [0, 0.1) is 47.4 Å². The maximum atomic E-state index is 12.3. The minimum atomic E-state index is -0.776. The van der Waals surface area contributed by atoms with Gasteiger partial charge in [-0.15, -0.1) is 0 Å². The largest absolute Gasteiger partial charge is 0.449 e. The molecule has 1 aromatic rings. The van der Waals surface area contributed by atoms with Gasteiger partial charge in [-0.1, -0.05) is 25.3 Å². The highest BCUT2D eigenvalue weighted by Crippen LogP contribution is 2.12. The van der Waals surface area contributed by atoms with Crippen molar-refractivity contribution in [2.24, 2.45) is 0 Å². The lowest BCUT2D eigenvalue weighted by atomic mass is 10.1. The molecule has 0 aromatic heterocycles. The Kier molecular flexibility index (Phi) is 13.2. The highest BCUT2D eigenvalue weighted by Gasteiger charge is 2.18. The lowest BCUT2D eigenvalue weighted by Crippen LogP contribution is -2.14. The van der Waals surface area contributed by atoms with E-state index in [0.29, 0.717) is 0 Å². The van der Waals surface area contributed by atoms with Crippen LogP contribution in [0.4, 0.5) is 0 Å². The molecule has 0 atom stereocenters. The van der Waals surface area contributed by atoms with Gasteiger partial charge in [0, 0.05) is 11.1 Å². The molecule has 0 heterocycles. The summed E-state index contributed by atoms with van der Waals surface area (Å²) in [6, 6.07) is 5.94. The number of carbonyl (C=O) groups is 4. The maximum absolute atomic E-state index is 12.3. The van der Waals surface area contributed by atoms with Crippen molar-refractivity contribution in [2.75, 3.05) is 26.4 Å². The van der Waals surface area contributed by atoms with Crippen LogP contribution in [-0.4, -0.2) is 50.3 Å². The average Bonchev–Trinajstić information content (AvgIpc) is 2.86. The second-order valence-corrected chi connectivity index (χ2v) is 6.62. The molecule has 1 aromatic carbocycles. The van der Waals surface area contributed by atoms with E-state index in [1.807, 2.05) is 0 Å². The van der Waals surface area contributed by atoms with Gasteiger partial charge in [-0.2, -0.15) is 0 Å². The Balaban J connectivity index is 2.54. The summed E-state index contributed by atoms with van der Waals surface area (Å²) in [5.41, 5.74) is 0.511. The molecule has 0 saturated carbocycles. The lowest BCUT2D eigenvalue weighted by Gasteiger charge is -2.07. The van der Waals surface area contributed by atoms with Gasteiger partial charge in [0.1, 0.15) is 0 Å². The van der Waals surface area contributed by atoms with Crippen molar-refractivity contribution in [1.82, 2.24) is 0 Å². The highest BCUT2D eigenvalue weighted by atomic mass is 16.5. The molecule has 182 valence electrons. The van der Waals surface area contributed by atoms with Crippen molar-refractivity contribution in [1.29, 1.82) is 0 Å². The minimum Gasteiger partial charge on any atom is -0.449 e. The zero-order chi connectivity index (χ0) is 26.8. The van der Waals surface area contributed by atoms with E-state index in [1.54, 1.807) is 12.1 Å². The predicted octanol–water partition coefficient (Wildman–Crippen LogP) is 2.25. The van der Waals surface area contributed by atoms with Crippen LogP contribution in [0.5, 0.6) is 0 Å². The summed E-state index contributed by atoms with van der Waals surface area (Å²) in [5, 5.41) is 0. The quantitative estimate of drug-likeness (QED) is 0.239. The molecule has 0 bridgehead atoms. The van der Waals surface area contributed by atoms with E-state index in [4.69, 9.17) is 18.9 Å². The van der Waals surface area contributed by atoms with Crippen LogP contribution in [0.15, 0.2) is 48.6 Å². The molecule has 36 heavy (non-hydrogen) atoms. The number of carbonyl (C=O) groups excluding carboxylic acids is 4. The normalized spacial score (nSPS) is 8.50. The molecule has 0 aliphatic carbocycles. The summed E-state index contributed by atoms with van der Waals surface area (Å²) in [7, 11) is 0. The van der Waals surface area contributed by atoms with Crippen LogP contribution in [0.3, 0.4) is 0 Å². The Bertz CT molecular complexity index is 1190. The SMILES string of the molecule is C=C(C)C(=O)OCC#CC#CCOC(=O)c1ccccc1C(=O)OCC#CC#CCOC(=O)C(=C)C. The fourth-order valence-electron chi connectivity index (χ4n) is 1.97. The molecule has 8 heteroatoms. The van der Waals surface area contributed by atoms with Gasteiger partial charge in [-0.25, -0.2) is 19.2 Å². The van der Waals surface area contributed by atoms with E-state index in [-0.39, 0.29) is 48.7 Å². The second-order valence-electron chi connectivity index (χ2n) is 6.62. The van der Waals surface area contributed by atoms with E-state index < -0.39 is 23.9 Å². The Morgan fingerprint density at radius 3 is 1.22 bits per heavy atom. The molecule has 0 unspecified atom stereocenters. The molecule has 0 N–H and O–H groups in total. The highest BCUT2D eigenvalue weighted by molar-refractivity contribution is 6.03. The summed E-state index contributed by atoms with van der Waals surface area (Å²) in [6.07, 6.45) is 0. The minimum absolute atomic E-state index is 0.00540. The predicted molar refractivity (Wildman–Crippen MR) is 130 cm³/mol. The lowest BCUT2D eigenvalue weighted by molar-refractivity contribution is -0.138. The van der Waals surface area contributed by atoms with E-state index in [2.05, 4.69) is 60.5 Å². The first-order valence-corrected chi connectivity index (χ1v) is 10.2. The number of hydrogen-bond acceptors (Lipinski definition) is 8. The molecule has 1 rings (SSSR count). The van der Waals surface area contributed by atoms with Crippen molar-refractivity contribution >= 4 is 23.9 Å². The molecule has 8 nitrogen and oxygen atoms in total. The number of benzene rings is 1. The molecule has 0 radical (unpaired) electrons. The third-order valence-electron chi connectivity index (χ3n) is 3.64. The van der Waals surface area contributed by atoms with Crippen molar-refractivity contribution in [3.05, 3.63) is 59.7 Å². The Labute approximate surface area is 209 Å². The first-order chi connectivity index (χ1) is 17.2. The third-order valence-corrected chi connectivity index (χ3v) is 3.64. The Morgan fingerprint density at radius 1 is 0.611 bits per heavy atom. The van der Waals surface area contributed by atoms with Gasteiger partial charge in [-0.05, 0) is 73.3 Å². The van der Waals surface area contributed by atoms with Crippen molar-refractivity contribution < 1.29 is 38.1 Å². The maximum Gasteiger partial charge on any atom is 0.339 e. The van der Waals surface area contributed by atoms with Gasteiger partial charge < -0.3 is 18.9 Å². The Morgan fingerprint density at radius 2 is 0.917 bits per heavy atom. The summed E-state index contributed by atoms with van der Waals surface area (Å²) in [4.78, 5) is 47.0. The molecule has 0 aliphatic rings. The first-order valence-electron chi connectivity index (χ1n) is 10.2. The fourth-order valence-corrected chi connectivity index (χ4v) is 1.97. The molecule has 0 spiro atoms. The van der Waals surface area contributed by atoms with Gasteiger partial charge in [-0.3, -0.25) is 0 Å². The van der Waals surface area contributed by atoms with Gasteiger partial charge in [0.15, 0.2) is 26.4 Å². The summed E-state index contributed by atoms with van der Waals surface area (Å²) >= 11 is 0. The molecular formula is C28H22O8. The van der Waals surface area contributed by atoms with Crippen LogP contribution in [0.1, 0.15) is 34.6 Å². The average molecular weight is 486 g/mol. The van der Waals surface area contributed by atoms with Gasteiger partial charge in [0.25, 0.3) is 0 Å². The van der Waals surface area contributed by atoms with E-state index in [1.165, 1.54) is 26.0 Å². The van der Waals surface area contributed by atoms with Gasteiger partial charge in [0.2, 0.25) is 0 Å². The smallest absolute Gasteiger partial charge is 0.339 e. The van der Waals surface area contributed by atoms with E-state index in [0.717, 1.165) is 0 Å². The second kappa shape index (κ2) is 16.4. The van der Waals surface area contributed by atoms with Gasteiger partial charge in [0.05, 0.1) is 11.1 Å². The molecular weight excluding hydrogens is 464 g/mol. The molecule has 0 amide bonds. The van der Waals surface area contributed by atoms with Gasteiger partial charge >= 0.3 is 23.9 Å². The van der Waals surface area contributed by atoms with E-state index in [9.17, 15) is 19.2 Å². The zero-order valence-corrected chi connectivity index (χ0v) is 19.8. The number of rotatable bonds is 8. The number of hydrogen-bond donors (Lipinski definition) is 0. The van der Waals surface area contributed by atoms with Crippen LogP contribution in [-0.2, 0) is 28.5 Å². The topological polar surface area (TPSA) is 105 Å². The van der Waals surface area contributed by atoms with Crippen LogP contribution in [0.25, 0.3) is 0 Å². The molecule has 0 saturated heterocycles. The van der Waals surface area contributed by atoms with Crippen LogP contribution >= 0.6 is 0 Å². The number of esters is 4. The summed E-state index contributed by atoms with van der Waals surface area (Å²) < 4.78 is 19.6. The van der Waals surface area contributed by atoms with Crippen molar-refractivity contribution in [3.8, 4) is 47.4 Å². The summed E-state index contributed by atoms with van der Waals surface area (Å²) in [6.45, 7) is 9.09. The van der Waals surface area contributed by atoms with E-state index >= 15 is 0 Å². The third kappa shape index (κ3) is 11.6. The fraction of sp³-hybridized carbons (Fsp3) is 0.214. The first kappa shape index (κ1) is 28.9. The van der Waals surface area contributed by atoms with Crippen LogP contribution < -0.4 is 0 Å². The Hall–Kier alpha value is -5.18. The molecule has 0 fully saturated rings. The monoisotopic (exact) mass is 486 g/mol. The zero-order valence-electron chi connectivity index (χ0n) is 19.8. The van der Waals surface area contributed by atoms with Crippen molar-refractivity contribution in [3.63, 3.8) is 0 Å². The van der Waals surface area contributed by atoms with Crippen molar-refractivity contribution in [2.45, 2.75) is 13.8 Å². The standard InChI is InChI=1S/C28H22O8/c1-21(2)25(29)33-17-11-5-7-13-19-35-27(31)23-15-9-10-16-24(23)28(32)36-20-14-8-6-12-18-34-26(30)22(3)4/h9-10,15-16H,1,3,17-20H2,2,4H3. The number of ether oxygens (including phenoxy) is 4. The molecule has 0 aliphatic heterocycles. The summed E-state index contributed by atoms with van der Waals surface area (Å²) in [5.74, 6) is 17.2.